The molecule has 0 aliphatic carbocycles. The zero-order chi connectivity index (χ0) is 19.1. The maximum absolute atomic E-state index is 12.8. The number of nitrogens with one attached hydrogen (secondary N) is 1. The van der Waals surface area contributed by atoms with Crippen molar-refractivity contribution in [1.29, 1.82) is 0 Å². The Labute approximate surface area is 153 Å². The lowest BCUT2D eigenvalue weighted by molar-refractivity contribution is -0.162. The zero-order valence-electron chi connectivity index (χ0n) is 14.6. The summed E-state index contributed by atoms with van der Waals surface area (Å²) < 4.78 is 21.9. The molecule has 9 heteroatoms. The van der Waals surface area contributed by atoms with Crippen LogP contribution in [-0.4, -0.2) is 62.8 Å². The Morgan fingerprint density at radius 2 is 1.92 bits per heavy atom. The molecule has 0 unspecified atom stereocenters. The second-order valence-corrected chi connectivity index (χ2v) is 8.74. The Balaban J connectivity index is 1.66. The van der Waals surface area contributed by atoms with Gasteiger partial charge < -0.3 is 19.7 Å². The van der Waals surface area contributed by atoms with Gasteiger partial charge in [-0.05, 0) is 26.0 Å². The Bertz CT molecular complexity index is 766. The molecule has 2 aliphatic heterocycles. The summed E-state index contributed by atoms with van der Waals surface area (Å²) in [6, 6.07) is 6.92. The molecular formula is C17H20N2O6S. The normalized spacial score (nSPS) is 28.7. The van der Waals surface area contributed by atoms with Crippen molar-refractivity contribution in [2.24, 2.45) is 0 Å². The maximum Gasteiger partial charge on any atom is 0.330 e. The number of amides is 2. The number of hydrogen-bond donors (Lipinski definition) is 1. The van der Waals surface area contributed by atoms with Crippen LogP contribution in [0.15, 0.2) is 30.3 Å². The summed E-state index contributed by atoms with van der Waals surface area (Å²) in [5.74, 6) is -1.03. The minimum atomic E-state index is -1.53. The second-order valence-electron chi connectivity index (χ2n) is 6.61. The first-order valence-corrected chi connectivity index (χ1v) is 9.28. The molecule has 4 atom stereocenters. The lowest BCUT2D eigenvalue weighted by Crippen LogP contribution is -2.71. The fourth-order valence-electron chi connectivity index (χ4n) is 3.27. The Kier molecular flexibility index (Phi) is 4.74. The smallest absolute Gasteiger partial charge is 0.330 e. The number of esters is 1. The van der Waals surface area contributed by atoms with E-state index < -0.39 is 50.8 Å². The van der Waals surface area contributed by atoms with Gasteiger partial charge in [-0.25, -0.2) is 4.79 Å². The van der Waals surface area contributed by atoms with E-state index in [9.17, 15) is 18.6 Å². The van der Waals surface area contributed by atoms with Gasteiger partial charge in [0.1, 0.15) is 23.2 Å². The van der Waals surface area contributed by atoms with Crippen molar-refractivity contribution in [3.8, 4) is 5.75 Å². The van der Waals surface area contributed by atoms with E-state index in [1.165, 1.54) is 12.0 Å². The average molecular weight is 380 g/mol. The molecule has 2 aliphatic rings. The van der Waals surface area contributed by atoms with Crippen LogP contribution in [-0.2, 0) is 29.9 Å². The van der Waals surface area contributed by atoms with Crippen molar-refractivity contribution in [3.05, 3.63) is 30.3 Å². The highest BCUT2D eigenvalue weighted by Gasteiger charge is 2.68. The van der Waals surface area contributed by atoms with Gasteiger partial charge in [-0.3, -0.25) is 13.8 Å². The summed E-state index contributed by atoms with van der Waals surface area (Å²) >= 11 is 0. The van der Waals surface area contributed by atoms with E-state index >= 15 is 0 Å². The molecular weight excluding hydrogens is 360 g/mol. The number of ether oxygens (including phenoxy) is 2. The van der Waals surface area contributed by atoms with Crippen molar-refractivity contribution < 1.29 is 28.1 Å². The van der Waals surface area contributed by atoms with Crippen LogP contribution < -0.4 is 10.1 Å². The molecule has 0 aromatic heterocycles. The maximum atomic E-state index is 12.8. The number of benzene rings is 1. The molecule has 8 nitrogen and oxygen atoms in total. The Morgan fingerprint density at radius 3 is 2.54 bits per heavy atom. The van der Waals surface area contributed by atoms with Crippen LogP contribution >= 0.6 is 0 Å². The molecule has 140 valence electrons. The molecule has 2 amide bonds. The molecule has 1 N–H and O–H groups in total. The van der Waals surface area contributed by atoms with Crippen molar-refractivity contribution in [2.45, 2.75) is 36.1 Å². The van der Waals surface area contributed by atoms with Crippen molar-refractivity contribution >= 4 is 28.6 Å². The lowest BCUT2D eigenvalue weighted by Gasteiger charge is -2.43. The third-order valence-corrected chi connectivity index (χ3v) is 6.81. The van der Waals surface area contributed by atoms with Crippen LogP contribution in [0.5, 0.6) is 5.75 Å². The first-order valence-electron chi connectivity index (χ1n) is 8.07. The van der Waals surface area contributed by atoms with Gasteiger partial charge in [0, 0.05) is 0 Å². The fourth-order valence-corrected chi connectivity index (χ4v) is 5.18. The molecule has 3 rings (SSSR count). The average Bonchev–Trinajstić information content (AvgIpc) is 2.82. The number of nitrogens with zero attached hydrogens (tertiary/aromatic N) is 1. The number of para-hydroxylation sites is 1. The first kappa shape index (κ1) is 18.4. The molecule has 0 bridgehead atoms. The van der Waals surface area contributed by atoms with E-state index in [2.05, 4.69) is 5.32 Å². The molecule has 1 aromatic rings. The molecule has 2 saturated heterocycles. The van der Waals surface area contributed by atoms with Crippen molar-refractivity contribution in [3.63, 3.8) is 0 Å². The van der Waals surface area contributed by atoms with Gasteiger partial charge in [0.05, 0.1) is 22.7 Å². The van der Waals surface area contributed by atoms with Gasteiger partial charge in [0.2, 0.25) is 5.91 Å². The predicted molar refractivity (Wildman–Crippen MR) is 92.5 cm³/mol. The van der Waals surface area contributed by atoms with Gasteiger partial charge >= 0.3 is 5.97 Å². The van der Waals surface area contributed by atoms with Gasteiger partial charge in [0.15, 0.2) is 6.61 Å². The molecule has 1 aromatic carbocycles. The number of methoxy groups -OCH3 is 1. The summed E-state index contributed by atoms with van der Waals surface area (Å²) in [6.45, 7) is 3.03. The minimum Gasteiger partial charge on any atom is -0.484 e. The monoisotopic (exact) mass is 380 g/mol. The summed E-state index contributed by atoms with van der Waals surface area (Å²) in [4.78, 5) is 37.8. The number of β-lactam (4-membered cyclic amide) rings is 1. The Hall–Kier alpha value is -2.42. The SMILES string of the molecule is COC(=O)[C@@H]1N2C(=O)[C@H](NC(=O)COc3ccccc3)[C@H]2[S@](=O)C1(C)C. The van der Waals surface area contributed by atoms with Crippen LogP contribution in [0, 0.1) is 0 Å². The second kappa shape index (κ2) is 6.71. The first-order chi connectivity index (χ1) is 12.3. The van der Waals surface area contributed by atoms with Crippen molar-refractivity contribution in [2.75, 3.05) is 13.7 Å². The highest BCUT2D eigenvalue weighted by atomic mass is 32.2. The van der Waals surface area contributed by atoms with Crippen molar-refractivity contribution in [1.82, 2.24) is 10.2 Å². The summed E-state index contributed by atoms with van der Waals surface area (Å²) in [5.41, 5.74) is 0. The summed E-state index contributed by atoms with van der Waals surface area (Å²) in [6.07, 6.45) is 0. The molecule has 0 saturated carbocycles. The number of fused-ring (bicyclic) bond motifs is 1. The summed E-state index contributed by atoms with van der Waals surface area (Å²) in [5, 5.41) is 1.81. The highest BCUT2D eigenvalue weighted by Crippen LogP contribution is 2.43. The number of hydrogen-bond acceptors (Lipinski definition) is 6. The minimum absolute atomic E-state index is 0.267. The standard InChI is InChI=1S/C17H20N2O6S/c1-17(2)13(16(22)24-3)19-14(21)12(15(19)26(17)23)18-11(20)9-25-10-7-5-4-6-8-10/h4-8,12-13,15H,9H2,1-3H3,(H,18,20)/t12-,13-,15+,26-/m0/s1. The van der Waals surface area contributed by atoms with Crippen LogP contribution in [0.4, 0.5) is 0 Å². The number of carbonyl (C=O) groups excluding carboxylic acids is 3. The molecule has 2 fully saturated rings. The third-order valence-electron chi connectivity index (χ3n) is 4.61. The van der Waals surface area contributed by atoms with E-state index in [4.69, 9.17) is 9.47 Å². The number of rotatable bonds is 5. The quantitative estimate of drug-likeness (QED) is 0.561. The Morgan fingerprint density at radius 1 is 1.27 bits per heavy atom. The molecule has 0 spiro atoms. The number of carbonyl (C=O) groups is 3. The van der Waals surface area contributed by atoms with E-state index in [0.717, 1.165) is 0 Å². The van der Waals surface area contributed by atoms with E-state index in [-0.39, 0.29) is 6.61 Å². The van der Waals surface area contributed by atoms with Crippen LogP contribution in [0.25, 0.3) is 0 Å². The van der Waals surface area contributed by atoms with Crippen LogP contribution in [0.3, 0.4) is 0 Å². The van der Waals surface area contributed by atoms with Gasteiger partial charge in [-0.2, -0.15) is 0 Å². The fraction of sp³-hybridized carbons (Fsp3) is 0.471. The van der Waals surface area contributed by atoms with E-state index in [0.29, 0.717) is 5.75 Å². The van der Waals surface area contributed by atoms with E-state index in [1.807, 2.05) is 6.07 Å². The zero-order valence-corrected chi connectivity index (χ0v) is 15.4. The third kappa shape index (κ3) is 2.86. The summed E-state index contributed by atoms with van der Waals surface area (Å²) in [7, 11) is -0.311. The van der Waals surface area contributed by atoms with Crippen LogP contribution in [0.1, 0.15) is 13.8 Å². The molecule has 26 heavy (non-hydrogen) atoms. The molecule has 0 radical (unpaired) electrons. The van der Waals surface area contributed by atoms with Gasteiger partial charge in [0.25, 0.3) is 5.91 Å². The lowest BCUT2D eigenvalue weighted by atomic mass is 9.96. The predicted octanol–water partition coefficient (Wildman–Crippen LogP) is -0.199. The topological polar surface area (TPSA) is 102 Å². The van der Waals surface area contributed by atoms with Gasteiger partial charge in [-0.1, -0.05) is 18.2 Å². The highest BCUT2D eigenvalue weighted by molar-refractivity contribution is 7.87. The van der Waals surface area contributed by atoms with Crippen LogP contribution in [0.2, 0.25) is 0 Å². The largest absolute Gasteiger partial charge is 0.484 e. The van der Waals surface area contributed by atoms with Gasteiger partial charge in [-0.15, -0.1) is 0 Å². The molecule has 2 heterocycles. The van der Waals surface area contributed by atoms with E-state index in [1.54, 1.807) is 38.1 Å².